The Labute approximate surface area is 123 Å². The Morgan fingerprint density at radius 3 is 2.52 bits per heavy atom. The van der Waals surface area contributed by atoms with E-state index in [0.717, 1.165) is 16.6 Å². The Bertz CT molecular complexity index is 673. The van der Waals surface area contributed by atoms with Gasteiger partial charge in [-0.2, -0.15) is 0 Å². The molecule has 0 bridgehead atoms. The normalized spacial score (nSPS) is 12.4. The maximum Gasteiger partial charge on any atom is 0.328 e. The second-order valence-electron chi connectivity index (χ2n) is 5.39. The van der Waals surface area contributed by atoms with Gasteiger partial charge in [0.05, 0.1) is 12.7 Å². The number of aromatic amines is 1. The Morgan fingerprint density at radius 1 is 1.24 bits per heavy atom. The van der Waals surface area contributed by atoms with Gasteiger partial charge in [-0.1, -0.05) is 32.0 Å². The fourth-order valence-electron chi connectivity index (χ4n) is 2.41. The van der Waals surface area contributed by atoms with Crippen LogP contribution in [0, 0.1) is 12.8 Å². The maximum absolute atomic E-state index is 12.5. The monoisotopic (exact) mass is 288 g/mol. The molecule has 0 saturated carbocycles. The van der Waals surface area contributed by atoms with E-state index < -0.39 is 12.0 Å². The van der Waals surface area contributed by atoms with Crippen molar-refractivity contribution in [1.29, 1.82) is 0 Å². The number of carbonyl (C=O) groups excluding carboxylic acids is 2. The highest BCUT2D eigenvalue weighted by molar-refractivity contribution is 6.09. The van der Waals surface area contributed by atoms with Crippen LogP contribution >= 0.6 is 0 Å². The van der Waals surface area contributed by atoms with Crippen LogP contribution in [0.25, 0.3) is 10.9 Å². The summed E-state index contributed by atoms with van der Waals surface area (Å²) in [5, 5.41) is 3.62. The third-order valence-electron chi connectivity index (χ3n) is 3.53. The van der Waals surface area contributed by atoms with E-state index in [2.05, 4.69) is 10.3 Å². The Balaban J connectivity index is 2.34. The van der Waals surface area contributed by atoms with Gasteiger partial charge < -0.3 is 15.0 Å². The van der Waals surface area contributed by atoms with Crippen LogP contribution in [-0.2, 0) is 9.53 Å². The molecule has 0 aliphatic rings. The first kappa shape index (κ1) is 15.1. The van der Waals surface area contributed by atoms with Crippen LogP contribution in [0.3, 0.4) is 0 Å². The predicted molar refractivity (Wildman–Crippen MR) is 81.1 cm³/mol. The highest BCUT2D eigenvalue weighted by Gasteiger charge is 2.27. The number of para-hydroxylation sites is 1. The molecule has 1 aromatic heterocycles. The van der Waals surface area contributed by atoms with Crippen molar-refractivity contribution in [2.75, 3.05) is 7.11 Å². The molecule has 0 aliphatic heterocycles. The summed E-state index contributed by atoms with van der Waals surface area (Å²) in [4.78, 5) is 27.5. The average Bonchev–Trinajstić information content (AvgIpc) is 2.79. The van der Waals surface area contributed by atoms with Crippen molar-refractivity contribution in [3.8, 4) is 0 Å². The molecule has 1 aromatic carbocycles. The molecule has 1 unspecified atom stereocenters. The molecule has 112 valence electrons. The third-order valence-corrected chi connectivity index (χ3v) is 3.53. The van der Waals surface area contributed by atoms with Crippen LogP contribution in [0.5, 0.6) is 0 Å². The van der Waals surface area contributed by atoms with Gasteiger partial charge in [-0.25, -0.2) is 4.79 Å². The molecule has 1 atom stereocenters. The molecule has 2 N–H and O–H groups in total. The van der Waals surface area contributed by atoms with Crippen LogP contribution in [0.1, 0.15) is 29.9 Å². The van der Waals surface area contributed by atoms with Crippen LogP contribution in [0.4, 0.5) is 0 Å². The zero-order valence-electron chi connectivity index (χ0n) is 12.7. The number of fused-ring (bicyclic) bond motifs is 1. The molecule has 0 aliphatic carbocycles. The number of rotatable bonds is 4. The number of hydrogen-bond acceptors (Lipinski definition) is 3. The van der Waals surface area contributed by atoms with Gasteiger partial charge in [0.25, 0.3) is 5.91 Å². The number of carbonyl (C=O) groups is 2. The Kier molecular flexibility index (Phi) is 4.31. The summed E-state index contributed by atoms with van der Waals surface area (Å²) in [6, 6.07) is 6.93. The molecule has 0 radical (unpaired) electrons. The van der Waals surface area contributed by atoms with E-state index in [4.69, 9.17) is 4.74 Å². The van der Waals surface area contributed by atoms with Crippen LogP contribution in [-0.4, -0.2) is 30.0 Å². The second kappa shape index (κ2) is 5.99. The first-order chi connectivity index (χ1) is 9.95. The number of esters is 1. The molecular weight excluding hydrogens is 268 g/mol. The number of nitrogens with one attached hydrogen (secondary N) is 2. The lowest BCUT2D eigenvalue weighted by Crippen LogP contribution is -2.45. The first-order valence-electron chi connectivity index (χ1n) is 6.91. The van der Waals surface area contributed by atoms with E-state index in [-0.39, 0.29) is 11.8 Å². The lowest BCUT2D eigenvalue weighted by Gasteiger charge is -2.19. The summed E-state index contributed by atoms with van der Waals surface area (Å²) in [7, 11) is 1.32. The first-order valence-corrected chi connectivity index (χ1v) is 6.91. The Hall–Kier alpha value is -2.30. The topological polar surface area (TPSA) is 71.2 Å². The number of H-pyrrole nitrogens is 1. The van der Waals surface area contributed by atoms with Crippen molar-refractivity contribution in [3.63, 3.8) is 0 Å². The third kappa shape index (κ3) is 2.91. The van der Waals surface area contributed by atoms with Crippen molar-refractivity contribution < 1.29 is 14.3 Å². The van der Waals surface area contributed by atoms with Crippen LogP contribution in [0.2, 0.25) is 0 Å². The van der Waals surface area contributed by atoms with Gasteiger partial charge in [-0.05, 0) is 18.9 Å². The van der Waals surface area contributed by atoms with Gasteiger partial charge in [-0.15, -0.1) is 0 Å². The summed E-state index contributed by atoms with van der Waals surface area (Å²) in [5.74, 6) is -0.753. The molecule has 2 rings (SSSR count). The van der Waals surface area contributed by atoms with Gasteiger partial charge in [0.2, 0.25) is 0 Å². The van der Waals surface area contributed by atoms with E-state index in [1.165, 1.54) is 7.11 Å². The lowest BCUT2D eigenvalue weighted by atomic mass is 10.0. The summed E-state index contributed by atoms with van der Waals surface area (Å²) < 4.78 is 4.75. The molecule has 21 heavy (non-hydrogen) atoms. The minimum atomic E-state index is -0.657. The van der Waals surface area contributed by atoms with Crippen molar-refractivity contribution >= 4 is 22.8 Å². The van der Waals surface area contributed by atoms with Gasteiger partial charge >= 0.3 is 5.97 Å². The fraction of sp³-hybridized carbons (Fsp3) is 0.375. The SMILES string of the molecule is COC(=O)C(NC(=O)c1c(C)[nH]c2ccccc12)C(C)C. The molecule has 2 aromatic rings. The largest absolute Gasteiger partial charge is 0.467 e. The van der Waals surface area contributed by atoms with E-state index in [0.29, 0.717) is 5.56 Å². The number of aromatic nitrogens is 1. The highest BCUT2D eigenvalue weighted by Crippen LogP contribution is 2.22. The van der Waals surface area contributed by atoms with E-state index in [1.807, 2.05) is 45.0 Å². The zero-order chi connectivity index (χ0) is 15.6. The van der Waals surface area contributed by atoms with E-state index in [1.54, 1.807) is 0 Å². The number of aryl methyl sites for hydroxylation is 1. The molecular formula is C16H20N2O3. The predicted octanol–water partition coefficient (Wildman–Crippen LogP) is 2.40. The highest BCUT2D eigenvalue weighted by atomic mass is 16.5. The van der Waals surface area contributed by atoms with E-state index >= 15 is 0 Å². The molecule has 5 nitrogen and oxygen atoms in total. The van der Waals surface area contributed by atoms with Crippen molar-refractivity contribution in [2.24, 2.45) is 5.92 Å². The smallest absolute Gasteiger partial charge is 0.328 e. The van der Waals surface area contributed by atoms with Crippen molar-refractivity contribution in [3.05, 3.63) is 35.5 Å². The fourth-order valence-corrected chi connectivity index (χ4v) is 2.41. The number of amides is 1. The molecule has 5 heteroatoms. The quantitative estimate of drug-likeness (QED) is 0.849. The number of hydrogen-bond donors (Lipinski definition) is 2. The molecule has 0 spiro atoms. The van der Waals surface area contributed by atoms with Crippen LogP contribution < -0.4 is 5.32 Å². The second-order valence-corrected chi connectivity index (χ2v) is 5.39. The van der Waals surface area contributed by atoms with Crippen LogP contribution in [0.15, 0.2) is 24.3 Å². The summed E-state index contributed by atoms with van der Waals surface area (Å²) in [5.41, 5.74) is 2.25. The standard InChI is InChI=1S/C16H20N2O3/c1-9(2)14(16(20)21-4)18-15(19)13-10(3)17-12-8-6-5-7-11(12)13/h5-9,14,17H,1-4H3,(H,18,19). The molecule has 0 saturated heterocycles. The minimum Gasteiger partial charge on any atom is -0.467 e. The molecule has 1 amide bonds. The maximum atomic E-state index is 12.5. The number of ether oxygens (including phenoxy) is 1. The number of methoxy groups -OCH3 is 1. The van der Waals surface area contributed by atoms with Gasteiger partial charge in [-0.3, -0.25) is 4.79 Å². The van der Waals surface area contributed by atoms with Gasteiger partial charge in [0, 0.05) is 16.6 Å². The van der Waals surface area contributed by atoms with Crippen molar-refractivity contribution in [1.82, 2.24) is 10.3 Å². The lowest BCUT2D eigenvalue weighted by molar-refractivity contribution is -0.144. The average molecular weight is 288 g/mol. The van der Waals surface area contributed by atoms with Gasteiger partial charge in [0.1, 0.15) is 6.04 Å². The minimum absolute atomic E-state index is 0.0492. The number of benzene rings is 1. The summed E-state index contributed by atoms with van der Waals surface area (Å²) >= 11 is 0. The van der Waals surface area contributed by atoms with Gasteiger partial charge in [0.15, 0.2) is 0 Å². The summed E-state index contributed by atoms with van der Waals surface area (Å²) in [6.45, 7) is 5.57. The zero-order valence-corrected chi connectivity index (χ0v) is 12.7. The summed E-state index contributed by atoms with van der Waals surface area (Å²) in [6.07, 6.45) is 0. The molecule has 1 heterocycles. The van der Waals surface area contributed by atoms with E-state index in [9.17, 15) is 9.59 Å². The van der Waals surface area contributed by atoms with Crippen molar-refractivity contribution in [2.45, 2.75) is 26.8 Å². The Morgan fingerprint density at radius 2 is 1.90 bits per heavy atom. The molecule has 0 fully saturated rings.